The van der Waals surface area contributed by atoms with Crippen LogP contribution in [-0.2, 0) is 0 Å². The summed E-state index contributed by atoms with van der Waals surface area (Å²) in [6.07, 6.45) is 0. The van der Waals surface area contributed by atoms with Crippen molar-refractivity contribution in [1.82, 2.24) is 0 Å². The molecule has 24 heavy (non-hydrogen) atoms. The third-order valence-electron chi connectivity index (χ3n) is 4.19. The minimum atomic E-state index is 0.0357. The number of carbonyl (C=O) groups is 1. The van der Waals surface area contributed by atoms with Gasteiger partial charge in [0, 0.05) is 0 Å². The molecule has 0 amide bonds. The minimum absolute atomic E-state index is 0.0357. The number of carbonyl (C=O) groups excluding carboxylic acids is 1. The van der Waals surface area contributed by atoms with Crippen LogP contribution in [0.25, 0.3) is 0 Å². The van der Waals surface area contributed by atoms with Gasteiger partial charge in [0.2, 0.25) is 0 Å². The van der Waals surface area contributed by atoms with E-state index in [0.29, 0.717) is 11.1 Å². The van der Waals surface area contributed by atoms with E-state index in [1.165, 1.54) is 5.56 Å². The zero-order valence-electron chi connectivity index (χ0n) is 14.0. The summed E-state index contributed by atoms with van der Waals surface area (Å²) >= 11 is 0. The molecular weight excluding hydrogens is 291 g/mol. The van der Waals surface area contributed by atoms with E-state index < -0.39 is 0 Å². The molecule has 0 radical (unpaired) electrons. The van der Waals surface area contributed by atoms with Crippen LogP contribution < -0.4 is 0 Å². The van der Waals surface area contributed by atoms with Crippen molar-refractivity contribution in [2.75, 3.05) is 0 Å². The average Bonchev–Trinajstić information content (AvgIpc) is 2.62. The van der Waals surface area contributed by atoms with E-state index in [2.05, 4.69) is 38.7 Å². The fraction of sp³-hybridized carbons (Fsp3) is 0.0909. The third-order valence-corrected chi connectivity index (χ3v) is 4.19. The predicted octanol–water partition coefficient (Wildman–Crippen LogP) is 4.00. The van der Waals surface area contributed by atoms with Crippen LogP contribution in [0.15, 0.2) is 72.8 Å². The second kappa shape index (κ2) is 6.80. The van der Waals surface area contributed by atoms with Crippen molar-refractivity contribution in [3.8, 4) is 0 Å². The van der Waals surface area contributed by atoms with Gasteiger partial charge in [-0.2, -0.15) is 0 Å². The van der Waals surface area contributed by atoms with Crippen molar-refractivity contribution in [2.45, 2.75) is 13.8 Å². The summed E-state index contributed by atoms with van der Waals surface area (Å²) in [7, 11) is 4.20. The second-order valence-electron chi connectivity index (χ2n) is 6.12. The van der Waals surface area contributed by atoms with E-state index in [9.17, 15) is 4.79 Å². The molecule has 3 rings (SSSR count). The first-order valence-electron chi connectivity index (χ1n) is 8.02. The first-order valence-corrected chi connectivity index (χ1v) is 8.02. The summed E-state index contributed by atoms with van der Waals surface area (Å²) in [5.41, 5.74) is 6.72. The molecule has 0 heterocycles. The number of ketones is 1. The van der Waals surface area contributed by atoms with E-state index in [-0.39, 0.29) is 5.78 Å². The molecule has 0 spiro atoms. The number of rotatable bonds is 4. The predicted molar refractivity (Wildman–Crippen MR) is 103 cm³/mol. The van der Waals surface area contributed by atoms with Crippen LogP contribution >= 0.6 is 0 Å². The number of hydrogen-bond acceptors (Lipinski definition) is 1. The molecule has 0 unspecified atom stereocenters. The van der Waals surface area contributed by atoms with Crippen LogP contribution in [0.1, 0.15) is 38.2 Å². The molecule has 0 bridgehead atoms. The van der Waals surface area contributed by atoms with Gasteiger partial charge in [-0.15, -0.1) is 0 Å². The molecule has 116 valence electrons. The van der Waals surface area contributed by atoms with Crippen molar-refractivity contribution < 1.29 is 4.79 Å². The molecule has 3 aromatic carbocycles. The average molecular weight is 310 g/mol. The fourth-order valence-electron chi connectivity index (χ4n) is 2.64. The van der Waals surface area contributed by atoms with Crippen LogP contribution in [0.5, 0.6) is 0 Å². The quantitative estimate of drug-likeness (QED) is 0.526. The van der Waals surface area contributed by atoms with Crippen molar-refractivity contribution in [1.29, 1.82) is 0 Å². The molecule has 0 saturated heterocycles. The Bertz CT molecular complexity index is 817. The Morgan fingerprint density at radius 1 is 0.667 bits per heavy atom. The van der Waals surface area contributed by atoms with Gasteiger partial charge in [-0.3, -0.25) is 0 Å². The molecule has 0 fully saturated rings. The van der Waals surface area contributed by atoms with Gasteiger partial charge in [0.05, 0.1) is 0 Å². The molecule has 2 heteroatoms. The van der Waals surface area contributed by atoms with Gasteiger partial charge in [0.15, 0.2) is 0 Å². The Kier molecular flexibility index (Phi) is 4.57. The molecule has 0 aliphatic heterocycles. The summed E-state index contributed by atoms with van der Waals surface area (Å²) in [6.45, 7) is 4.08. The van der Waals surface area contributed by atoms with E-state index in [1.54, 1.807) is 0 Å². The van der Waals surface area contributed by atoms with E-state index in [4.69, 9.17) is 0 Å². The molecule has 0 saturated carbocycles. The first-order chi connectivity index (χ1) is 11.5. The number of hydrogen-bond donors (Lipinski definition) is 0. The van der Waals surface area contributed by atoms with Gasteiger partial charge in [-0.25, -0.2) is 0 Å². The normalized spacial score (nSPS) is 10.4. The Balaban J connectivity index is 1.91. The SMILES string of the molecule is B=C(c1ccc(C)cc1)c1cccc(C(=O)c2ccc(C)cc2)c1. The molecular formula is C22H19BO. The summed E-state index contributed by atoms with van der Waals surface area (Å²) in [5, 5.41) is 0. The number of benzene rings is 3. The topological polar surface area (TPSA) is 17.1 Å². The fourth-order valence-corrected chi connectivity index (χ4v) is 2.64. The maximum absolute atomic E-state index is 12.7. The Hall–Kier alpha value is -2.74. The van der Waals surface area contributed by atoms with Gasteiger partial charge in [-0.05, 0) is 0 Å². The molecule has 0 aliphatic carbocycles. The van der Waals surface area contributed by atoms with Crippen LogP contribution in [0.4, 0.5) is 0 Å². The third kappa shape index (κ3) is 3.43. The Morgan fingerprint density at radius 3 is 1.75 bits per heavy atom. The van der Waals surface area contributed by atoms with Gasteiger partial charge >= 0.3 is 144 Å². The monoisotopic (exact) mass is 310 g/mol. The Labute approximate surface area is 144 Å². The van der Waals surface area contributed by atoms with Gasteiger partial charge in [0.1, 0.15) is 0 Å². The molecule has 0 atom stereocenters. The van der Waals surface area contributed by atoms with Crippen LogP contribution in [0.2, 0.25) is 0 Å². The van der Waals surface area contributed by atoms with Crippen molar-refractivity contribution in [3.63, 3.8) is 0 Å². The molecule has 0 aliphatic rings. The standard InChI is InChI=1S/C22H19BO/c1-15-6-10-17(11-7-15)21(23)19-4-3-5-20(14-19)22(24)18-12-8-16(2)9-13-18/h3-14,23H,1-2H3. The van der Waals surface area contributed by atoms with Crippen LogP contribution in [-0.4, -0.2) is 18.7 Å². The Morgan fingerprint density at radius 2 is 1.17 bits per heavy atom. The zero-order valence-corrected chi connectivity index (χ0v) is 14.0. The van der Waals surface area contributed by atoms with Gasteiger partial charge in [-0.1, -0.05) is 0 Å². The van der Waals surface area contributed by atoms with Crippen LogP contribution in [0, 0.1) is 13.8 Å². The van der Waals surface area contributed by atoms with E-state index in [1.807, 2.05) is 55.5 Å². The van der Waals surface area contributed by atoms with Gasteiger partial charge < -0.3 is 0 Å². The maximum atomic E-state index is 12.7. The molecule has 0 aromatic heterocycles. The molecule has 3 aromatic rings. The summed E-state index contributed by atoms with van der Waals surface area (Å²) in [6, 6.07) is 23.6. The van der Waals surface area contributed by atoms with Gasteiger partial charge in [0.25, 0.3) is 0 Å². The van der Waals surface area contributed by atoms with E-state index >= 15 is 0 Å². The summed E-state index contributed by atoms with van der Waals surface area (Å²) in [4.78, 5) is 12.7. The first kappa shape index (κ1) is 16.1. The van der Waals surface area contributed by atoms with Crippen molar-refractivity contribution in [3.05, 3.63) is 106 Å². The second-order valence-corrected chi connectivity index (χ2v) is 6.12. The molecule has 0 N–H and O–H groups in total. The summed E-state index contributed by atoms with van der Waals surface area (Å²) in [5.74, 6) is 0.0357. The van der Waals surface area contributed by atoms with Crippen LogP contribution in [0.3, 0.4) is 0 Å². The molecule has 1 nitrogen and oxygen atoms in total. The summed E-state index contributed by atoms with van der Waals surface area (Å²) < 4.78 is 0. The van der Waals surface area contributed by atoms with Crippen molar-refractivity contribution in [2.24, 2.45) is 0 Å². The van der Waals surface area contributed by atoms with E-state index in [0.717, 1.165) is 22.2 Å². The zero-order chi connectivity index (χ0) is 17.1. The van der Waals surface area contributed by atoms with Crippen molar-refractivity contribution >= 4 is 18.7 Å². The number of aryl methyl sites for hydroxylation is 2.